The third-order valence-electron chi connectivity index (χ3n) is 6.95. The molecule has 3 aromatic rings. The van der Waals surface area contributed by atoms with Gasteiger partial charge >= 0.3 is 0 Å². The zero-order valence-corrected chi connectivity index (χ0v) is 19.5. The molecule has 2 fully saturated rings. The zero-order valence-electron chi connectivity index (χ0n) is 19.5. The summed E-state index contributed by atoms with van der Waals surface area (Å²) in [5.74, 6) is 1.06. The van der Waals surface area contributed by atoms with Crippen LogP contribution in [0.4, 0.5) is 5.95 Å². The van der Waals surface area contributed by atoms with E-state index in [1.807, 2.05) is 66.1 Å². The highest BCUT2D eigenvalue weighted by molar-refractivity contribution is 5.83. The molecule has 7 heteroatoms. The molecule has 0 aliphatic carbocycles. The maximum absolute atomic E-state index is 13.3. The molecular formula is C26H32N6O. The summed E-state index contributed by atoms with van der Waals surface area (Å²) in [6, 6.07) is 12.0. The number of rotatable bonds is 5. The van der Waals surface area contributed by atoms with Crippen LogP contribution in [0.15, 0.2) is 48.8 Å². The Morgan fingerprint density at radius 1 is 1.06 bits per heavy atom. The molecule has 2 aromatic heterocycles. The lowest BCUT2D eigenvalue weighted by Gasteiger charge is -2.34. The Kier molecular flexibility index (Phi) is 6.11. The molecule has 2 saturated heterocycles. The first-order valence-corrected chi connectivity index (χ1v) is 12.1. The normalized spacial score (nSPS) is 19.6. The van der Waals surface area contributed by atoms with E-state index in [2.05, 4.69) is 16.1 Å². The van der Waals surface area contributed by atoms with Crippen molar-refractivity contribution in [3.63, 3.8) is 0 Å². The van der Waals surface area contributed by atoms with Crippen molar-refractivity contribution in [3.8, 4) is 11.3 Å². The van der Waals surface area contributed by atoms with E-state index in [0.717, 1.165) is 60.9 Å². The lowest BCUT2D eigenvalue weighted by molar-refractivity contribution is -0.133. The van der Waals surface area contributed by atoms with Crippen LogP contribution in [0.1, 0.15) is 55.7 Å². The van der Waals surface area contributed by atoms with Crippen molar-refractivity contribution in [3.05, 3.63) is 60.0 Å². The second-order valence-corrected chi connectivity index (χ2v) is 9.29. The Morgan fingerprint density at radius 3 is 2.64 bits per heavy atom. The van der Waals surface area contributed by atoms with Gasteiger partial charge in [0.05, 0.1) is 17.3 Å². The number of piperidine rings is 1. The highest BCUT2D eigenvalue weighted by Crippen LogP contribution is 2.34. The van der Waals surface area contributed by atoms with Gasteiger partial charge in [-0.15, -0.1) is 0 Å². The molecule has 0 N–H and O–H groups in total. The summed E-state index contributed by atoms with van der Waals surface area (Å²) in [7, 11) is 1.96. The molecule has 7 nitrogen and oxygen atoms in total. The number of aryl methyl sites for hydroxylation is 1. The van der Waals surface area contributed by atoms with Gasteiger partial charge in [0.1, 0.15) is 0 Å². The molecule has 2 aliphatic rings. The maximum Gasteiger partial charge on any atom is 0.229 e. The van der Waals surface area contributed by atoms with Gasteiger partial charge in [-0.3, -0.25) is 9.48 Å². The average molecular weight is 445 g/mol. The van der Waals surface area contributed by atoms with Crippen molar-refractivity contribution in [1.82, 2.24) is 24.6 Å². The van der Waals surface area contributed by atoms with Gasteiger partial charge in [-0.1, -0.05) is 30.3 Å². The number of benzene rings is 1. The number of carbonyl (C=O) groups is 1. The summed E-state index contributed by atoms with van der Waals surface area (Å²) in [5, 5.41) is 4.84. The minimum atomic E-state index is -0.141. The number of aromatic nitrogens is 4. The fourth-order valence-corrected chi connectivity index (χ4v) is 5.13. The first kappa shape index (κ1) is 21.6. The molecule has 1 amide bonds. The topological polar surface area (TPSA) is 67.2 Å². The van der Waals surface area contributed by atoms with Crippen molar-refractivity contribution in [2.45, 2.75) is 44.4 Å². The molecule has 0 saturated carbocycles. The number of likely N-dealkylation sites (tertiary alicyclic amines) is 1. The first-order valence-electron chi connectivity index (χ1n) is 12.1. The molecule has 0 radical (unpaired) electrons. The van der Waals surface area contributed by atoms with Gasteiger partial charge in [0.2, 0.25) is 11.9 Å². The SMILES string of the molecule is C[C@H](C(=O)N1CCC[C@H](c2nn(C)cc2-c2ccnc(N3CCCC3)n2)C1)c1ccccc1. The third kappa shape index (κ3) is 4.49. The molecule has 2 aliphatic heterocycles. The van der Waals surface area contributed by atoms with Gasteiger partial charge in [-0.05, 0) is 44.2 Å². The van der Waals surface area contributed by atoms with E-state index in [-0.39, 0.29) is 17.7 Å². The van der Waals surface area contributed by atoms with E-state index in [1.54, 1.807) is 0 Å². The van der Waals surface area contributed by atoms with Crippen molar-refractivity contribution in [2.24, 2.45) is 7.05 Å². The molecule has 2 atom stereocenters. The standard InChI is InChI=1S/C26H32N6O/c1-19(20-9-4-3-5-10-20)25(33)32-16-8-11-21(17-32)24-22(18-30(2)29-24)23-12-13-27-26(28-23)31-14-6-7-15-31/h3-5,9-10,12-13,18-19,21H,6-8,11,14-17H2,1-2H3/t19-,21-/m0/s1. The van der Waals surface area contributed by atoms with Gasteiger partial charge in [0, 0.05) is 57.1 Å². The molecule has 0 bridgehead atoms. The van der Waals surface area contributed by atoms with Gasteiger partial charge in [0.25, 0.3) is 0 Å². The van der Waals surface area contributed by atoms with Gasteiger partial charge < -0.3 is 9.80 Å². The summed E-state index contributed by atoms with van der Waals surface area (Å²) < 4.78 is 1.87. The second kappa shape index (κ2) is 9.33. The van der Waals surface area contributed by atoms with Crippen LogP contribution < -0.4 is 4.90 Å². The number of hydrogen-bond acceptors (Lipinski definition) is 5. The second-order valence-electron chi connectivity index (χ2n) is 9.29. The monoisotopic (exact) mass is 444 g/mol. The van der Waals surface area contributed by atoms with Gasteiger partial charge in [-0.2, -0.15) is 5.10 Å². The fourth-order valence-electron chi connectivity index (χ4n) is 5.13. The lowest BCUT2D eigenvalue weighted by atomic mass is 9.90. The van der Waals surface area contributed by atoms with E-state index in [4.69, 9.17) is 10.1 Å². The molecule has 4 heterocycles. The minimum Gasteiger partial charge on any atom is -0.342 e. The molecule has 0 spiro atoms. The summed E-state index contributed by atoms with van der Waals surface area (Å²) in [6.07, 6.45) is 8.30. The number of carbonyl (C=O) groups excluding carboxylic acids is 1. The van der Waals surface area contributed by atoms with Crippen LogP contribution in [0.2, 0.25) is 0 Å². The van der Waals surface area contributed by atoms with Crippen molar-refractivity contribution >= 4 is 11.9 Å². The maximum atomic E-state index is 13.3. The van der Waals surface area contributed by atoms with Crippen LogP contribution in [-0.4, -0.2) is 56.7 Å². The van der Waals surface area contributed by atoms with E-state index >= 15 is 0 Å². The lowest BCUT2D eigenvalue weighted by Crippen LogP contribution is -2.41. The summed E-state index contributed by atoms with van der Waals surface area (Å²) in [4.78, 5) is 27.0. The van der Waals surface area contributed by atoms with Crippen LogP contribution >= 0.6 is 0 Å². The minimum absolute atomic E-state index is 0.141. The number of amides is 1. The molecular weight excluding hydrogens is 412 g/mol. The Bertz CT molecular complexity index is 1100. The first-order chi connectivity index (χ1) is 16.1. The van der Waals surface area contributed by atoms with Crippen LogP contribution in [0.5, 0.6) is 0 Å². The van der Waals surface area contributed by atoms with Gasteiger partial charge in [0.15, 0.2) is 0 Å². The van der Waals surface area contributed by atoms with E-state index < -0.39 is 0 Å². The quantitative estimate of drug-likeness (QED) is 0.595. The van der Waals surface area contributed by atoms with E-state index in [9.17, 15) is 4.79 Å². The van der Waals surface area contributed by atoms with Crippen LogP contribution in [-0.2, 0) is 11.8 Å². The molecule has 5 rings (SSSR count). The molecule has 172 valence electrons. The summed E-state index contributed by atoms with van der Waals surface area (Å²) >= 11 is 0. The van der Waals surface area contributed by atoms with Crippen LogP contribution in [0.25, 0.3) is 11.3 Å². The third-order valence-corrected chi connectivity index (χ3v) is 6.95. The zero-order chi connectivity index (χ0) is 22.8. The Labute approximate surface area is 195 Å². The van der Waals surface area contributed by atoms with Crippen LogP contribution in [0.3, 0.4) is 0 Å². The number of anilines is 1. The summed E-state index contributed by atoms with van der Waals surface area (Å²) in [5.41, 5.74) is 4.07. The van der Waals surface area contributed by atoms with Crippen molar-refractivity contribution in [2.75, 3.05) is 31.1 Å². The van der Waals surface area contributed by atoms with E-state index in [0.29, 0.717) is 6.54 Å². The van der Waals surface area contributed by atoms with Crippen molar-refractivity contribution < 1.29 is 4.79 Å². The van der Waals surface area contributed by atoms with Crippen LogP contribution in [0, 0.1) is 0 Å². The number of hydrogen-bond donors (Lipinski definition) is 0. The average Bonchev–Trinajstić information content (AvgIpc) is 3.54. The van der Waals surface area contributed by atoms with E-state index in [1.165, 1.54) is 12.8 Å². The highest BCUT2D eigenvalue weighted by Gasteiger charge is 2.31. The predicted octanol–water partition coefficient (Wildman–Crippen LogP) is 3.99. The Hall–Kier alpha value is -3.22. The summed E-state index contributed by atoms with van der Waals surface area (Å²) in [6.45, 7) is 5.55. The Morgan fingerprint density at radius 2 is 1.85 bits per heavy atom. The molecule has 1 aromatic carbocycles. The molecule has 0 unspecified atom stereocenters. The smallest absolute Gasteiger partial charge is 0.229 e. The van der Waals surface area contributed by atoms with Crippen molar-refractivity contribution in [1.29, 1.82) is 0 Å². The predicted molar refractivity (Wildman–Crippen MR) is 129 cm³/mol. The molecule has 33 heavy (non-hydrogen) atoms. The van der Waals surface area contributed by atoms with Gasteiger partial charge in [-0.25, -0.2) is 9.97 Å². The number of nitrogens with zero attached hydrogens (tertiary/aromatic N) is 6. The highest BCUT2D eigenvalue weighted by atomic mass is 16.2. The Balaban J connectivity index is 1.38. The largest absolute Gasteiger partial charge is 0.342 e. The fraction of sp³-hybridized carbons (Fsp3) is 0.462.